The minimum absolute atomic E-state index is 0.0314. The number of hydrazine groups is 2. The maximum absolute atomic E-state index is 12.6. The van der Waals surface area contributed by atoms with Crippen LogP contribution in [0.15, 0.2) is 0 Å². The lowest BCUT2D eigenvalue weighted by atomic mass is 9.95. The van der Waals surface area contributed by atoms with Crippen LogP contribution in [0.4, 0.5) is 0 Å². The van der Waals surface area contributed by atoms with Gasteiger partial charge in [0.15, 0.2) is 11.6 Å². The zero-order chi connectivity index (χ0) is 17.3. The van der Waals surface area contributed by atoms with E-state index in [0.717, 1.165) is 9.98 Å². The molecule has 2 heterocycles. The molecule has 2 unspecified atom stereocenters. The van der Waals surface area contributed by atoms with Crippen molar-refractivity contribution in [2.24, 2.45) is 0 Å². The number of Topliss-reactive ketones (excluding diaryl/α,β-unsaturated/α-hetero) is 2. The average molecular weight is 357 g/mol. The van der Waals surface area contributed by atoms with Crippen molar-refractivity contribution >= 4 is 46.0 Å². The molecule has 0 aromatic carbocycles. The van der Waals surface area contributed by atoms with Crippen LogP contribution in [0.5, 0.6) is 0 Å². The summed E-state index contributed by atoms with van der Waals surface area (Å²) in [7, 11) is 7.40. The SMILES string of the molecule is CN1C(=S)CCC(C(=O)CC(=O)C2CCC(=S)N(C)N2C)N1C. The minimum Gasteiger partial charge on any atom is -0.302 e. The third-order valence-electron chi connectivity index (χ3n) is 4.93. The van der Waals surface area contributed by atoms with Gasteiger partial charge in [0.05, 0.1) is 28.5 Å². The van der Waals surface area contributed by atoms with Crippen molar-refractivity contribution in [3.8, 4) is 0 Å². The lowest BCUT2D eigenvalue weighted by Gasteiger charge is -2.42. The van der Waals surface area contributed by atoms with Crippen molar-refractivity contribution in [3.63, 3.8) is 0 Å². The normalized spacial score (nSPS) is 27.5. The Morgan fingerprint density at radius 3 is 1.57 bits per heavy atom. The molecule has 2 aliphatic heterocycles. The molecule has 128 valence electrons. The van der Waals surface area contributed by atoms with Gasteiger partial charge in [-0.25, -0.2) is 10.0 Å². The molecule has 2 fully saturated rings. The molecule has 8 heteroatoms. The highest BCUT2D eigenvalue weighted by atomic mass is 32.1. The topological polar surface area (TPSA) is 47.1 Å². The number of nitrogens with zero attached hydrogens (tertiary/aromatic N) is 4. The van der Waals surface area contributed by atoms with E-state index in [1.807, 2.05) is 48.2 Å². The van der Waals surface area contributed by atoms with Gasteiger partial charge in [-0.1, -0.05) is 24.4 Å². The van der Waals surface area contributed by atoms with E-state index in [9.17, 15) is 9.59 Å². The maximum atomic E-state index is 12.6. The van der Waals surface area contributed by atoms with Crippen molar-refractivity contribution in [1.82, 2.24) is 20.0 Å². The van der Waals surface area contributed by atoms with Crippen molar-refractivity contribution in [1.29, 1.82) is 0 Å². The number of ketones is 2. The first kappa shape index (κ1) is 18.4. The van der Waals surface area contributed by atoms with Crippen LogP contribution in [0.25, 0.3) is 0 Å². The summed E-state index contributed by atoms with van der Waals surface area (Å²) in [4.78, 5) is 26.8. The maximum Gasteiger partial charge on any atom is 0.159 e. The molecule has 0 amide bonds. The van der Waals surface area contributed by atoms with Gasteiger partial charge in [-0.15, -0.1) is 0 Å². The van der Waals surface area contributed by atoms with E-state index in [1.54, 1.807) is 0 Å². The third kappa shape index (κ3) is 3.76. The first-order valence-corrected chi connectivity index (χ1v) is 8.59. The Morgan fingerprint density at radius 1 is 0.870 bits per heavy atom. The summed E-state index contributed by atoms with van der Waals surface area (Å²) >= 11 is 10.5. The summed E-state index contributed by atoms with van der Waals surface area (Å²) in [5.41, 5.74) is 0. The lowest BCUT2D eigenvalue weighted by Crippen LogP contribution is -2.56. The Labute approximate surface area is 148 Å². The molecule has 0 aliphatic carbocycles. The summed E-state index contributed by atoms with van der Waals surface area (Å²) in [6.07, 6.45) is 2.74. The Kier molecular flexibility index (Phi) is 5.83. The molecule has 0 saturated carbocycles. The predicted octanol–water partition coefficient (Wildman–Crippen LogP) is 1.05. The Balaban J connectivity index is 1.98. The molecule has 2 aliphatic rings. The molecular formula is C15H24N4O2S2. The van der Waals surface area contributed by atoms with Crippen molar-refractivity contribution in [2.75, 3.05) is 28.2 Å². The Morgan fingerprint density at radius 2 is 1.22 bits per heavy atom. The number of thiocarbonyl (C=S) groups is 2. The Hall–Kier alpha value is -0.960. The fourth-order valence-corrected chi connectivity index (χ4v) is 3.63. The highest BCUT2D eigenvalue weighted by molar-refractivity contribution is 7.80. The second-order valence-corrected chi connectivity index (χ2v) is 7.14. The molecule has 0 aromatic rings. The van der Waals surface area contributed by atoms with Crippen LogP contribution < -0.4 is 0 Å². The van der Waals surface area contributed by atoms with Gasteiger partial charge in [0.1, 0.15) is 0 Å². The fraction of sp³-hybridized carbons (Fsp3) is 0.733. The van der Waals surface area contributed by atoms with Crippen LogP contribution in [-0.4, -0.2) is 81.9 Å². The van der Waals surface area contributed by atoms with Gasteiger partial charge < -0.3 is 10.0 Å². The number of carbonyl (C=O) groups excluding carboxylic acids is 2. The van der Waals surface area contributed by atoms with E-state index >= 15 is 0 Å². The van der Waals surface area contributed by atoms with Gasteiger partial charge in [0.25, 0.3) is 0 Å². The lowest BCUT2D eigenvalue weighted by molar-refractivity contribution is -0.137. The molecular weight excluding hydrogens is 332 g/mol. The van der Waals surface area contributed by atoms with E-state index in [-0.39, 0.29) is 30.1 Å². The van der Waals surface area contributed by atoms with Gasteiger partial charge in [-0.05, 0) is 12.8 Å². The summed E-state index contributed by atoms with van der Waals surface area (Å²) in [6, 6.07) is -0.549. The first-order chi connectivity index (χ1) is 10.7. The van der Waals surface area contributed by atoms with Crippen molar-refractivity contribution in [2.45, 2.75) is 44.2 Å². The molecule has 0 radical (unpaired) electrons. The largest absolute Gasteiger partial charge is 0.302 e. The van der Waals surface area contributed by atoms with Gasteiger partial charge in [-0.2, -0.15) is 0 Å². The Bertz CT molecular complexity index is 494. The molecule has 2 rings (SSSR count). The molecule has 6 nitrogen and oxygen atoms in total. The quantitative estimate of drug-likeness (QED) is 0.547. The van der Waals surface area contributed by atoms with Gasteiger partial charge in [-0.3, -0.25) is 9.59 Å². The van der Waals surface area contributed by atoms with E-state index in [0.29, 0.717) is 25.7 Å². The molecule has 0 aromatic heterocycles. The highest BCUT2D eigenvalue weighted by Gasteiger charge is 2.36. The summed E-state index contributed by atoms with van der Waals surface area (Å²) in [5, 5.41) is 7.33. The average Bonchev–Trinajstić information content (AvgIpc) is 2.50. The van der Waals surface area contributed by atoms with Crippen molar-refractivity contribution in [3.05, 3.63) is 0 Å². The fourth-order valence-electron chi connectivity index (χ4n) is 3.13. The molecule has 2 saturated heterocycles. The molecule has 0 spiro atoms. The van der Waals surface area contributed by atoms with Gasteiger partial charge >= 0.3 is 0 Å². The molecule has 0 bridgehead atoms. The van der Waals surface area contributed by atoms with Crippen LogP contribution in [0.3, 0.4) is 0 Å². The van der Waals surface area contributed by atoms with E-state index in [1.165, 1.54) is 0 Å². The van der Waals surface area contributed by atoms with Gasteiger partial charge in [0, 0.05) is 41.0 Å². The van der Waals surface area contributed by atoms with Crippen LogP contribution in [0.2, 0.25) is 0 Å². The number of hydrogen-bond donors (Lipinski definition) is 0. The molecule has 0 N–H and O–H groups in total. The second kappa shape index (κ2) is 7.29. The minimum atomic E-state index is -0.275. The van der Waals surface area contributed by atoms with Crippen LogP contribution in [-0.2, 0) is 9.59 Å². The summed E-state index contributed by atoms with van der Waals surface area (Å²) < 4.78 is 0. The predicted molar refractivity (Wildman–Crippen MR) is 96.9 cm³/mol. The molecule has 23 heavy (non-hydrogen) atoms. The summed E-state index contributed by atoms with van der Waals surface area (Å²) in [6.45, 7) is 0. The zero-order valence-corrected chi connectivity index (χ0v) is 15.7. The summed E-state index contributed by atoms with van der Waals surface area (Å²) in [5.74, 6) is -0.0629. The number of hydrogen-bond acceptors (Lipinski definition) is 6. The molecule has 2 atom stereocenters. The zero-order valence-electron chi connectivity index (χ0n) is 14.1. The standard InChI is InChI=1S/C15H24N4O2S2/c1-16-10(5-7-14(22)18(16)3)12(20)9-13(21)11-6-8-15(23)19(4)17(11)2/h10-11H,5-9H2,1-4H3. The smallest absolute Gasteiger partial charge is 0.159 e. The van der Waals surface area contributed by atoms with Crippen LogP contribution in [0.1, 0.15) is 32.1 Å². The number of rotatable bonds is 4. The van der Waals surface area contributed by atoms with Crippen molar-refractivity contribution < 1.29 is 9.59 Å². The highest BCUT2D eigenvalue weighted by Crippen LogP contribution is 2.22. The first-order valence-electron chi connectivity index (χ1n) is 7.78. The number of carbonyl (C=O) groups is 2. The van der Waals surface area contributed by atoms with Crippen LogP contribution in [0, 0.1) is 0 Å². The van der Waals surface area contributed by atoms with Gasteiger partial charge in [0.2, 0.25) is 0 Å². The van der Waals surface area contributed by atoms with E-state index in [2.05, 4.69) is 0 Å². The second-order valence-electron chi connectivity index (χ2n) is 6.20. The third-order valence-corrected chi connectivity index (χ3v) is 5.86. The van der Waals surface area contributed by atoms with E-state index in [4.69, 9.17) is 24.4 Å². The monoisotopic (exact) mass is 356 g/mol. The van der Waals surface area contributed by atoms with Crippen LogP contribution >= 0.6 is 24.4 Å². The number of likely N-dealkylation sites (N-methyl/N-ethyl adjacent to an activating group) is 2. The van der Waals surface area contributed by atoms with E-state index < -0.39 is 0 Å².